The first kappa shape index (κ1) is 19.8. The lowest BCUT2D eigenvalue weighted by molar-refractivity contribution is -0.160. The lowest BCUT2D eigenvalue weighted by Gasteiger charge is -2.35. The number of ether oxygens (including phenoxy) is 1. The first-order chi connectivity index (χ1) is 13.6. The first-order valence-electron chi connectivity index (χ1n) is 9.66. The maximum Gasteiger partial charge on any atom is 0.314 e. The number of anilines is 1. The Morgan fingerprint density at radius 2 is 1.68 bits per heavy atom. The van der Waals surface area contributed by atoms with E-state index >= 15 is 0 Å². The number of amides is 1. The maximum atomic E-state index is 12.7. The van der Waals surface area contributed by atoms with Crippen molar-refractivity contribution in [3.05, 3.63) is 54.4 Å². The van der Waals surface area contributed by atoms with Crippen LogP contribution in [0.5, 0.6) is 0 Å². The van der Waals surface area contributed by atoms with E-state index in [-0.39, 0.29) is 17.8 Å². The highest BCUT2D eigenvalue weighted by molar-refractivity contribution is 5.85. The number of rotatable bonds is 6. The lowest BCUT2D eigenvalue weighted by Crippen LogP contribution is -2.52. The van der Waals surface area contributed by atoms with Gasteiger partial charge >= 0.3 is 5.97 Å². The Bertz CT molecular complexity index is 777. The van der Waals surface area contributed by atoms with Gasteiger partial charge in [-0.1, -0.05) is 37.3 Å². The van der Waals surface area contributed by atoms with Crippen LogP contribution < -0.4 is 4.90 Å². The number of hydrogen-bond acceptors (Lipinski definition) is 6. The smallest absolute Gasteiger partial charge is 0.314 e. The number of carbonyl (C=O) groups is 2. The van der Waals surface area contributed by atoms with Crippen molar-refractivity contribution in [1.82, 2.24) is 14.9 Å². The quantitative estimate of drug-likeness (QED) is 0.714. The van der Waals surface area contributed by atoms with E-state index < -0.39 is 6.10 Å². The highest BCUT2D eigenvalue weighted by atomic mass is 16.5. The summed E-state index contributed by atoms with van der Waals surface area (Å²) in [5.41, 5.74) is 0.908. The third-order valence-electron chi connectivity index (χ3n) is 4.96. The van der Waals surface area contributed by atoms with Gasteiger partial charge in [-0.15, -0.1) is 0 Å². The van der Waals surface area contributed by atoms with Gasteiger partial charge in [0.15, 0.2) is 6.10 Å². The standard InChI is InChI=1S/C21H26N4O3/c1-3-18(17-8-5-4-6-9-17)20(27)28-16(2)19(26)24-12-14-25(15-13-24)21-22-10-7-11-23-21/h4-11,16,18H,3,12-15H2,1-2H3. The van der Waals surface area contributed by atoms with Gasteiger partial charge in [0, 0.05) is 38.6 Å². The molecule has 1 aliphatic heterocycles. The molecule has 2 unspecified atom stereocenters. The summed E-state index contributed by atoms with van der Waals surface area (Å²) in [6, 6.07) is 11.3. The monoisotopic (exact) mass is 382 g/mol. The van der Waals surface area contributed by atoms with Crippen LogP contribution in [-0.2, 0) is 14.3 Å². The van der Waals surface area contributed by atoms with E-state index in [0.29, 0.717) is 38.5 Å². The number of nitrogens with zero attached hydrogens (tertiary/aromatic N) is 4. The molecule has 0 spiro atoms. The van der Waals surface area contributed by atoms with Gasteiger partial charge in [-0.05, 0) is 25.0 Å². The number of benzene rings is 1. The van der Waals surface area contributed by atoms with Crippen molar-refractivity contribution < 1.29 is 14.3 Å². The van der Waals surface area contributed by atoms with Crippen LogP contribution in [0.4, 0.5) is 5.95 Å². The van der Waals surface area contributed by atoms with Crippen molar-refractivity contribution in [3.8, 4) is 0 Å². The third-order valence-corrected chi connectivity index (χ3v) is 4.96. The fourth-order valence-corrected chi connectivity index (χ4v) is 3.37. The average Bonchev–Trinajstić information content (AvgIpc) is 2.75. The summed E-state index contributed by atoms with van der Waals surface area (Å²) in [5.74, 6) is -0.206. The van der Waals surface area contributed by atoms with E-state index in [0.717, 1.165) is 5.56 Å². The van der Waals surface area contributed by atoms with Crippen LogP contribution >= 0.6 is 0 Å². The summed E-state index contributed by atoms with van der Waals surface area (Å²) >= 11 is 0. The van der Waals surface area contributed by atoms with Gasteiger partial charge in [-0.3, -0.25) is 9.59 Å². The molecule has 2 aromatic rings. The van der Waals surface area contributed by atoms with Crippen LogP contribution in [-0.4, -0.2) is 59.0 Å². The average molecular weight is 382 g/mol. The highest BCUT2D eigenvalue weighted by Gasteiger charge is 2.30. The van der Waals surface area contributed by atoms with Gasteiger partial charge in [0.25, 0.3) is 5.91 Å². The molecule has 1 aromatic carbocycles. The van der Waals surface area contributed by atoms with Crippen molar-refractivity contribution in [2.75, 3.05) is 31.1 Å². The fraction of sp³-hybridized carbons (Fsp3) is 0.429. The van der Waals surface area contributed by atoms with Crippen LogP contribution in [0.2, 0.25) is 0 Å². The number of esters is 1. The van der Waals surface area contributed by atoms with E-state index in [1.807, 2.05) is 42.2 Å². The van der Waals surface area contributed by atoms with Crippen LogP contribution in [0.1, 0.15) is 31.7 Å². The molecule has 7 heteroatoms. The van der Waals surface area contributed by atoms with Gasteiger partial charge in [0.05, 0.1) is 5.92 Å². The van der Waals surface area contributed by atoms with E-state index in [9.17, 15) is 9.59 Å². The van der Waals surface area contributed by atoms with Crippen molar-refractivity contribution in [2.45, 2.75) is 32.3 Å². The fourth-order valence-electron chi connectivity index (χ4n) is 3.37. The summed E-state index contributed by atoms with van der Waals surface area (Å²) in [5, 5.41) is 0. The Morgan fingerprint density at radius 3 is 2.29 bits per heavy atom. The van der Waals surface area contributed by atoms with Crippen LogP contribution in [0.3, 0.4) is 0 Å². The summed E-state index contributed by atoms with van der Waals surface area (Å²) in [6.45, 7) is 5.99. The maximum absolute atomic E-state index is 12.7. The summed E-state index contributed by atoms with van der Waals surface area (Å²) < 4.78 is 5.52. The molecule has 1 amide bonds. The zero-order chi connectivity index (χ0) is 19.9. The molecule has 1 fully saturated rings. The molecular formula is C21H26N4O3. The number of aromatic nitrogens is 2. The number of piperazine rings is 1. The highest BCUT2D eigenvalue weighted by Crippen LogP contribution is 2.22. The molecule has 1 saturated heterocycles. The van der Waals surface area contributed by atoms with Crippen molar-refractivity contribution in [2.24, 2.45) is 0 Å². The van der Waals surface area contributed by atoms with Gasteiger partial charge < -0.3 is 14.5 Å². The Morgan fingerprint density at radius 1 is 1.04 bits per heavy atom. The van der Waals surface area contributed by atoms with Crippen LogP contribution in [0.15, 0.2) is 48.8 Å². The molecule has 0 N–H and O–H groups in total. The topological polar surface area (TPSA) is 75.6 Å². The molecule has 0 saturated carbocycles. The molecular weight excluding hydrogens is 356 g/mol. The Balaban J connectivity index is 1.54. The zero-order valence-electron chi connectivity index (χ0n) is 16.3. The second kappa shape index (κ2) is 9.30. The normalized spacial score (nSPS) is 16.4. The first-order valence-corrected chi connectivity index (χ1v) is 9.66. The minimum atomic E-state index is -0.801. The lowest BCUT2D eigenvalue weighted by atomic mass is 9.97. The predicted octanol–water partition coefficient (Wildman–Crippen LogP) is 2.25. The van der Waals surface area contributed by atoms with Gasteiger partial charge in [-0.25, -0.2) is 9.97 Å². The molecule has 0 bridgehead atoms. The van der Waals surface area contributed by atoms with E-state index in [1.54, 1.807) is 30.3 Å². The zero-order valence-corrected chi connectivity index (χ0v) is 16.3. The SMILES string of the molecule is CCC(C(=O)OC(C)C(=O)N1CCN(c2ncccn2)CC1)c1ccccc1. The number of hydrogen-bond donors (Lipinski definition) is 0. The molecule has 148 valence electrons. The largest absolute Gasteiger partial charge is 0.452 e. The molecule has 28 heavy (non-hydrogen) atoms. The Kier molecular flexibility index (Phi) is 6.57. The molecule has 1 aliphatic rings. The van der Waals surface area contributed by atoms with Gasteiger partial charge in [0.2, 0.25) is 5.95 Å². The molecule has 2 atom stereocenters. The molecule has 1 aromatic heterocycles. The van der Waals surface area contributed by atoms with Crippen molar-refractivity contribution in [3.63, 3.8) is 0 Å². The Hall–Kier alpha value is -2.96. The molecule has 7 nitrogen and oxygen atoms in total. The van der Waals surface area contributed by atoms with Crippen LogP contribution in [0.25, 0.3) is 0 Å². The molecule has 0 radical (unpaired) electrons. The minimum absolute atomic E-state index is 0.162. The van der Waals surface area contributed by atoms with Crippen molar-refractivity contribution >= 4 is 17.8 Å². The minimum Gasteiger partial charge on any atom is -0.452 e. The predicted molar refractivity (Wildman–Crippen MR) is 106 cm³/mol. The number of carbonyl (C=O) groups excluding carboxylic acids is 2. The van der Waals surface area contributed by atoms with E-state index in [1.165, 1.54) is 0 Å². The van der Waals surface area contributed by atoms with E-state index in [4.69, 9.17) is 4.74 Å². The second-order valence-corrected chi connectivity index (χ2v) is 6.81. The Labute approximate surface area is 165 Å². The van der Waals surface area contributed by atoms with Gasteiger partial charge in [0.1, 0.15) is 0 Å². The van der Waals surface area contributed by atoms with E-state index in [2.05, 4.69) is 9.97 Å². The summed E-state index contributed by atoms with van der Waals surface area (Å²) in [7, 11) is 0. The molecule has 3 rings (SSSR count). The van der Waals surface area contributed by atoms with Crippen molar-refractivity contribution in [1.29, 1.82) is 0 Å². The summed E-state index contributed by atoms with van der Waals surface area (Å²) in [4.78, 5) is 37.6. The van der Waals surface area contributed by atoms with Gasteiger partial charge in [-0.2, -0.15) is 0 Å². The third kappa shape index (κ3) is 4.65. The van der Waals surface area contributed by atoms with Crippen LogP contribution in [0, 0.1) is 0 Å². The summed E-state index contributed by atoms with van der Waals surface area (Å²) in [6.07, 6.45) is 3.24. The molecule has 0 aliphatic carbocycles. The molecule has 2 heterocycles. The second-order valence-electron chi connectivity index (χ2n) is 6.81.